The molecule has 0 fully saturated rings. The van der Waals surface area contributed by atoms with Crippen LogP contribution in [-0.4, -0.2) is 19.2 Å². The molecular formula is C3H8NO4S-. The van der Waals surface area contributed by atoms with Crippen molar-refractivity contribution in [2.24, 2.45) is 5.73 Å². The first-order valence-corrected chi connectivity index (χ1v) is 3.10. The zero-order chi connectivity index (χ0) is 7.86. The average Bonchev–Trinajstić information content (AvgIpc) is 1.65. The molecule has 0 aromatic heterocycles. The van der Waals surface area contributed by atoms with Crippen molar-refractivity contribution in [1.29, 1.82) is 0 Å². The maximum atomic E-state index is 9.59. The second-order valence-electron chi connectivity index (χ2n) is 1.04. The van der Waals surface area contributed by atoms with Gasteiger partial charge in [0.05, 0.1) is 11.4 Å². The van der Waals surface area contributed by atoms with Gasteiger partial charge in [0, 0.05) is 6.42 Å². The van der Waals surface area contributed by atoms with E-state index < -0.39 is 11.4 Å². The molecule has 0 spiro atoms. The van der Waals surface area contributed by atoms with E-state index in [1.807, 2.05) is 0 Å². The molecule has 0 aliphatic rings. The molecule has 3 N–H and O–H groups in total. The highest BCUT2D eigenvalue weighted by Crippen LogP contribution is 1.63. The molecule has 6 heteroatoms. The molecule has 9 heavy (non-hydrogen) atoms. The molecular weight excluding hydrogens is 146 g/mol. The first kappa shape index (κ1) is 11.4. The van der Waals surface area contributed by atoms with Gasteiger partial charge >= 0.3 is 0 Å². The van der Waals surface area contributed by atoms with E-state index in [1.165, 1.54) is 0 Å². The van der Waals surface area contributed by atoms with Crippen molar-refractivity contribution in [3.63, 3.8) is 0 Å². The minimum Gasteiger partial charge on any atom is -0.750 e. The Morgan fingerprint density at radius 2 is 2.00 bits per heavy atom. The maximum absolute atomic E-state index is 9.59. The second-order valence-corrected chi connectivity index (χ2v) is 1.47. The molecule has 0 heterocycles. The van der Waals surface area contributed by atoms with Crippen molar-refractivity contribution in [1.82, 2.24) is 0 Å². The van der Waals surface area contributed by atoms with Crippen LogP contribution in [0.3, 0.4) is 0 Å². The van der Waals surface area contributed by atoms with Crippen molar-refractivity contribution in [3.8, 4) is 0 Å². The average molecular weight is 154 g/mol. The summed E-state index contributed by atoms with van der Waals surface area (Å²) in [5.74, 6) is -0.245. The number of hydrogen-bond donors (Lipinski definition) is 2. The van der Waals surface area contributed by atoms with E-state index in [9.17, 15) is 4.79 Å². The molecule has 1 amide bonds. The van der Waals surface area contributed by atoms with Crippen LogP contribution in [0.25, 0.3) is 0 Å². The van der Waals surface area contributed by atoms with Gasteiger partial charge < -0.3 is 14.8 Å². The molecule has 0 saturated carbocycles. The second kappa shape index (κ2) is 7.54. The highest BCUT2D eigenvalue weighted by atomic mass is 32.2. The number of amides is 1. The van der Waals surface area contributed by atoms with Crippen molar-refractivity contribution in [2.45, 2.75) is 13.3 Å². The van der Waals surface area contributed by atoms with Crippen LogP contribution in [0.4, 0.5) is 0 Å². The fraction of sp³-hybridized carbons (Fsp3) is 0.667. The topological polar surface area (TPSA) is 103 Å². The quantitative estimate of drug-likeness (QED) is 0.483. The minimum atomic E-state index is -2.86. The summed E-state index contributed by atoms with van der Waals surface area (Å²) < 4.78 is 24.1. The summed E-state index contributed by atoms with van der Waals surface area (Å²) in [4.78, 5) is 9.59. The van der Waals surface area contributed by atoms with E-state index in [0.717, 1.165) is 0 Å². The summed E-state index contributed by atoms with van der Waals surface area (Å²) in [6, 6.07) is 0. The van der Waals surface area contributed by atoms with Crippen LogP contribution < -0.4 is 5.73 Å². The predicted octanol–water partition coefficient (Wildman–Crippen LogP) is -0.780. The Labute approximate surface area is 55.4 Å². The third-order valence-electron chi connectivity index (χ3n) is 0.348. The lowest BCUT2D eigenvalue weighted by Gasteiger charge is -1.83. The van der Waals surface area contributed by atoms with Crippen LogP contribution in [-0.2, 0) is 16.2 Å². The van der Waals surface area contributed by atoms with Gasteiger partial charge in [0.2, 0.25) is 5.91 Å². The van der Waals surface area contributed by atoms with Crippen molar-refractivity contribution < 1.29 is 18.1 Å². The van der Waals surface area contributed by atoms with Crippen LogP contribution in [0.5, 0.6) is 0 Å². The molecule has 0 saturated heterocycles. The highest BCUT2D eigenvalue weighted by molar-refractivity contribution is 7.73. The molecule has 0 bridgehead atoms. The van der Waals surface area contributed by atoms with Crippen molar-refractivity contribution in [2.75, 3.05) is 0 Å². The Morgan fingerprint density at radius 3 is 2.00 bits per heavy atom. The first-order chi connectivity index (χ1) is 4.00. The lowest BCUT2D eigenvalue weighted by atomic mass is 10.5. The van der Waals surface area contributed by atoms with Gasteiger partial charge in [0.25, 0.3) is 0 Å². The summed E-state index contributed by atoms with van der Waals surface area (Å²) in [7, 11) is 0. The number of nitrogens with two attached hydrogens (primary N) is 1. The Morgan fingerprint density at radius 1 is 1.89 bits per heavy atom. The number of hydrogen-bond acceptors (Lipinski definition) is 3. The zero-order valence-corrected chi connectivity index (χ0v) is 5.68. The van der Waals surface area contributed by atoms with E-state index in [2.05, 4.69) is 5.73 Å². The third kappa shape index (κ3) is 97.6. The van der Waals surface area contributed by atoms with Gasteiger partial charge in [0.1, 0.15) is 0 Å². The Bertz CT molecular complexity index is 100.0. The normalized spacial score (nSPS) is 11.0. The number of carbonyl (C=O) groups excluding carboxylic acids is 1. The zero-order valence-electron chi connectivity index (χ0n) is 4.86. The number of rotatable bonds is 1. The Balaban J connectivity index is 0. The van der Waals surface area contributed by atoms with Gasteiger partial charge in [-0.05, 0) is 0 Å². The smallest absolute Gasteiger partial charge is 0.217 e. The third-order valence-corrected chi connectivity index (χ3v) is 0.348. The minimum absolute atomic E-state index is 0.245. The molecule has 1 atom stereocenters. The molecule has 0 radical (unpaired) electrons. The predicted molar refractivity (Wildman–Crippen MR) is 31.0 cm³/mol. The molecule has 0 rings (SSSR count). The molecule has 56 valence electrons. The van der Waals surface area contributed by atoms with Gasteiger partial charge in [-0.3, -0.25) is 4.79 Å². The molecule has 1 unspecified atom stereocenters. The summed E-state index contributed by atoms with van der Waals surface area (Å²) in [6.07, 6.45) is 0.444. The van der Waals surface area contributed by atoms with Crippen LogP contribution in [0.1, 0.15) is 13.3 Å². The van der Waals surface area contributed by atoms with Crippen LogP contribution >= 0.6 is 0 Å². The molecule has 0 aliphatic heterocycles. The monoisotopic (exact) mass is 154 g/mol. The van der Waals surface area contributed by atoms with Gasteiger partial charge in [-0.25, -0.2) is 4.21 Å². The standard InChI is InChI=1S/C3H7NO.H2O3S/c1-2-3(4)5;1-4(2)3/h2H2,1H3,(H2,4,5);(H2,1,2,3)/p-1. The maximum Gasteiger partial charge on any atom is 0.217 e. The number of carbonyl (C=O) groups is 1. The highest BCUT2D eigenvalue weighted by Gasteiger charge is 1.77. The van der Waals surface area contributed by atoms with Gasteiger partial charge in [-0.2, -0.15) is 0 Å². The van der Waals surface area contributed by atoms with Crippen molar-refractivity contribution in [3.05, 3.63) is 0 Å². The first-order valence-electron chi connectivity index (χ1n) is 2.07. The summed E-state index contributed by atoms with van der Waals surface area (Å²) in [5.41, 5.74) is 4.65. The van der Waals surface area contributed by atoms with Crippen molar-refractivity contribution >= 4 is 17.3 Å². The fourth-order valence-electron chi connectivity index (χ4n) is 0. The molecule has 0 aliphatic carbocycles. The van der Waals surface area contributed by atoms with Crippen LogP contribution in [0.15, 0.2) is 0 Å². The van der Waals surface area contributed by atoms with Gasteiger partial charge in [-0.15, -0.1) is 0 Å². The van der Waals surface area contributed by atoms with Gasteiger partial charge in [0.15, 0.2) is 0 Å². The summed E-state index contributed by atoms with van der Waals surface area (Å²) in [5, 5.41) is 0. The SMILES string of the molecule is CCC(N)=O.O=S([O-])O. The largest absolute Gasteiger partial charge is 0.750 e. The molecule has 0 aromatic carbocycles. The van der Waals surface area contributed by atoms with E-state index in [-0.39, 0.29) is 5.91 Å². The van der Waals surface area contributed by atoms with Crippen LogP contribution in [0, 0.1) is 0 Å². The molecule has 5 nitrogen and oxygen atoms in total. The van der Waals surface area contributed by atoms with E-state index in [1.54, 1.807) is 6.92 Å². The Hall–Kier alpha value is -0.460. The number of primary amides is 1. The lowest BCUT2D eigenvalue weighted by Crippen LogP contribution is -2.06. The summed E-state index contributed by atoms with van der Waals surface area (Å²) >= 11 is -2.86. The van der Waals surface area contributed by atoms with E-state index in [0.29, 0.717) is 6.42 Å². The lowest BCUT2D eigenvalue weighted by molar-refractivity contribution is -0.117. The summed E-state index contributed by atoms with van der Waals surface area (Å²) in [6.45, 7) is 1.72. The van der Waals surface area contributed by atoms with Crippen LogP contribution in [0.2, 0.25) is 0 Å². The molecule has 0 aromatic rings. The van der Waals surface area contributed by atoms with Gasteiger partial charge in [-0.1, -0.05) is 6.92 Å². The van der Waals surface area contributed by atoms with E-state index >= 15 is 0 Å². The van der Waals surface area contributed by atoms with E-state index in [4.69, 9.17) is 13.3 Å². The Kier molecular flexibility index (Phi) is 9.51. The fourth-order valence-corrected chi connectivity index (χ4v) is 0.